The van der Waals surface area contributed by atoms with Gasteiger partial charge in [-0.1, -0.05) is 6.42 Å². The number of carbonyl (C=O) groups is 1. The number of rotatable bonds is 3. The summed E-state index contributed by atoms with van der Waals surface area (Å²) in [7, 11) is -3.52. The van der Waals surface area contributed by atoms with E-state index < -0.39 is 13.0 Å². The SMILES string of the molecule is O=C1CC(P(=O)([O-])CN2CCCCC2)CO1.[Na+]. The Morgan fingerprint density at radius 1 is 1.35 bits per heavy atom. The summed E-state index contributed by atoms with van der Waals surface area (Å²) < 4.78 is 16.7. The minimum atomic E-state index is -3.52. The first-order valence-corrected chi connectivity index (χ1v) is 7.63. The topological polar surface area (TPSA) is 69.7 Å². The third-order valence-electron chi connectivity index (χ3n) is 3.24. The molecule has 0 aliphatic carbocycles. The third kappa shape index (κ3) is 4.34. The Morgan fingerprint density at radius 2 is 2.00 bits per heavy atom. The molecule has 17 heavy (non-hydrogen) atoms. The third-order valence-corrected chi connectivity index (χ3v) is 5.48. The van der Waals surface area contributed by atoms with Gasteiger partial charge >= 0.3 is 35.5 Å². The Labute approximate surface area is 124 Å². The van der Waals surface area contributed by atoms with Crippen LogP contribution in [-0.2, 0) is 14.1 Å². The molecule has 2 aliphatic rings. The van der Waals surface area contributed by atoms with Crippen molar-refractivity contribution < 1.29 is 48.5 Å². The molecule has 2 heterocycles. The fourth-order valence-electron chi connectivity index (χ4n) is 2.25. The first-order chi connectivity index (χ1) is 7.58. The first-order valence-electron chi connectivity index (χ1n) is 5.76. The van der Waals surface area contributed by atoms with Crippen molar-refractivity contribution in [1.29, 1.82) is 0 Å². The maximum absolute atomic E-state index is 12.0. The maximum atomic E-state index is 12.0. The summed E-state index contributed by atoms with van der Waals surface area (Å²) in [6.07, 6.45) is 3.47. The molecule has 0 aromatic heterocycles. The fraction of sp³-hybridized carbons (Fsp3) is 0.900. The van der Waals surface area contributed by atoms with Gasteiger partial charge in [0.15, 0.2) is 0 Å². The van der Waals surface area contributed by atoms with E-state index in [0.717, 1.165) is 25.9 Å². The van der Waals surface area contributed by atoms with Gasteiger partial charge in [-0.15, -0.1) is 0 Å². The minimum Gasteiger partial charge on any atom is -0.798 e. The van der Waals surface area contributed by atoms with Crippen LogP contribution >= 0.6 is 7.37 Å². The van der Waals surface area contributed by atoms with Gasteiger partial charge in [0.05, 0.1) is 6.42 Å². The number of cyclic esters (lactones) is 1. The molecule has 2 atom stereocenters. The molecule has 0 spiro atoms. The van der Waals surface area contributed by atoms with Gasteiger partial charge in [0.25, 0.3) is 0 Å². The second kappa shape index (κ2) is 6.69. The van der Waals surface area contributed by atoms with E-state index in [1.165, 1.54) is 6.42 Å². The molecule has 0 N–H and O–H groups in total. The summed E-state index contributed by atoms with van der Waals surface area (Å²) in [5.41, 5.74) is -0.595. The van der Waals surface area contributed by atoms with Crippen LogP contribution in [0.2, 0.25) is 0 Å². The number of carbonyl (C=O) groups excluding carboxylic acids is 1. The van der Waals surface area contributed by atoms with Crippen LogP contribution in [0.5, 0.6) is 0 Å². The second-order valence-electron chi connectivity index (χ2n) is 4.59. The molecule has 0 amide bonds. The van der Waals surface area contributed by atoms with Crippen LogP contribution in [0, 0.1) is 0 Å². The van der Waals surface area contributed by atoms with Crippen molar-refractivity contribution in [3.63, 3.8) is 0 Å². The summed E-state index contributed by atoms with van der Waals surface area (Å²) >= 11 is 0. The summed E-state index contributed by atoms with van der Waals surface area (Å²) in [4.78, 5) is 24.9. The Bertz CT molecular complexity index is 319. The average molecular weight is 269 g/mol. The monoisotopic (exact) mass is 269 g/mol. The van der Waals surface area contributed by atoms with Gasteiger partial charge in [0, 0.05) is 19.3 Å². The van der Waals surface area contributed by atoms with Gasteiger partial charge in [0.1, 0.15) is 6.61 Å². The fourth-order valence-corrected chi connectivity index (χ4v) is 4.05. The standard InChI is InChI=1S/C10H18NO4P.Na/c12-10-6-9(7-15-10)16(13,14)8-11-4-2-1-3-5-11;/h9H,1-8H2,(H,13,14);/q;+1/p-1. The number of ether oxygens (including phenoxy) is 1. The number of hydrogen-bond acceptors (Lipinski definition) is 5. The molecule has 0 bridgehead atoms. The minimum absolute atomic E-state index is 0. The molecule has 0 aromatic rings. The van der Waals surface area contributed by atoms with Gasteiger partial charge in [-0.3, -0.25) is 9.69 Å². The van der Waals surface area contributed by atoms with Crippen molar-refractivity contribution in [3.05, 3.63) is 0 Å². The quantitative estimate of drug-likeness (QED) is 0.319. The number of hydrogen-bond donors (Lipinski definition) is 0. The number of piperidine rings is 1. The molecule has 5 nitrogen and oxygen atoms in total. The molecule has 0 saturated carbocycles. The molecule has 7 heteroatoms. The van der Waals surface area contributed by atoms with Crippen LogP contribution in [-0.4, -0.2) is 42.5 Å². The van der Waals surface area contributed by atoms with Crippen LogP contribution in [0.1, 0.15) is 25.7 Å². The van der Waals surface area contributed by atoms with Crippen molar-refractivity contribution >= 4 is 13.3 Å². The van der Waals surface area contributed by atoms with Crippen molar-refractivity contribution in [2.75, 3.05) is 26.0 Å². The molecular formula is C10H17NNaO4P. The van der Waals surface area contributed by atoms with E-state index in [-0.39, 0.29) is 54.8 Å². The van der Waals surface area contributed by atoms with E-state index in [1.54, 1.807) is 0 Å². The molecule has 2 fully saturated rings. The molecule has 2 rings (SSSR count). The second-order valence-corrected chi connectivity index (χ2v) is 7.05. The largest absolute Gasteiger partial charge is 1.00 e. The van der Waals surface area contributed by atoms with Crippen LogP contribution in [0.3, 0.4) is 0 Å². The molecule has 2 unspecified atom stereocenters. The zero-order valence-electron chi connectivity index (χ0n) is 10.3. The molecule has 2 saturated heterocycles. The Morgan fingerprint density at radius 3 is 2.53 bits per heavy atom. The van der Waals surface area contributed by atoms with E-state index in [4.69, 9.17) is 4.74 Å². The van der Waals surface area contributed by atoms with Gasteiger partial charge < -0.3 is 14.2 Å². The van der Waals surface area contributed by atoms with Crippen LogP contribution in [0.4, 0.5) is 0 Å². The molecule has 2 aliphatic heterocycles. The Kier molecular flexibility index (Phi) is 6.17. The van der Waals surface area contributed by atoms with Crippen LogP contribution < -0.4 is 34.5 Å². The number of esters is 1. The zero-order valence-corrected chi connectivity index (χ0v) is 13.2. The van der Waals surface area contributed by atoms with Crippen molar-refractivity contribution in [2.45, 2.75) is 31.3 Å². The van der Waals surface area contributed by atoms with E-state index in [9.17, 15) is 14.3 Å². The smallest absolute Gasteiger partial charge is 0.798 e. The molecule has 0 aromatic carbocycles. The Hall–Kier alpha value is 0.620. The number of nitrogens with zero attached hydrogens (tertiary/aromatic N) is 1. The molecule has 92 valence electrons. The van der Waals surface area contributed by atoms with Crippen molar-refractivity contribution in [1.82, 2.24) is 4.90 Å². The Balaban J connectivity index is 0.00000144. The van der Waals surface area contributed by atoms with Gasteiger partial charge in [-0.2, -0.15) is 0 Å². The van der Waals surface area contributed by atoms with Crippen LogP contribution in [0.15, 0.2) is 0 Å². The van der Waals surface area contributed by atoms with Gasteiger partial charge in [0.2, 0.25) is 0 Å². The molecular weight excluding hydrogens is 252 g/mol. The molecule has 0 radical (unpaired) electrons. The summed E-state index contributed by atoms with van der Waals surface area (Å²) in [6.45, 7) is 1.76. The maximum Gasteiger partial charge on any atom is 1.00 e. The van der Waals surface area contributed by atoms with Gasteiger partial charge in [-0.05, 0) is 25.9 Å². The first kappa shape index (κ1) is 15.7. The summed E-state index contributed by atoms with van der Waals surface area (Å²) in [6, 6.07) is 0. The van der Waals surface area contributed by atoms with E-state index in [1.807, 2.05) is 4.90 Å². The van der Waals surface area contributed by atoms with Gasteiger partial charge in [-0.25, -0.2) is 0 Å². The van der Waals surface area contributed by atoms with E-state index >= 15 is 0 Å². The van der Waals surface area contributed by atoms with E-state index in [2.05, 4.69) is 0 Å². The predicted octanol–water partition coefficient (Wildman–Crippen LogP) is -2.61. The van der Waals surface area contributed by atoms with Crippen LogP contribution in [0.25, 0.3) is 0 Å². The van der Waals surface area contributed by atoms with E-state index in [0.29, 0.717) is 0 Å². The van der Waals surface area contributed by atoms with Crippen molar-refractivity contribution in [3.8, 4) is 0 Å². The summed E-state index contributed by atoms with van der Waals surface area (Å²) in [5.74, 6) is -0.389. The van der Waals surface area contributed by atoms with Crippen molar-refractivity contribution in [2.24, 2.45) is 0 Å². The normalized spacial score (nSPS) is 29.2. The predicted molar refractivity (Wildman–Crippen MR) is 57.3 cm³/mol. The zero-order chi connectivity index (χ0) is 11.6. The number of likely N-dealkylation sites (tertiary alicyclic amines) is 1. The average Bonchev–Trinajstić information content (AvgIpc) is 2.66. The summed E-state index contributed by atoms with van der Waals surface area (Å²) in [5, 5.41) is 0.